The smallest absolute Gasteiger partial charge is 0.283 e. The van der Waals surface area contributed by atoms with Crippen LogP contribution in [-0.4, -0.2) is 25.0 Å². The highest BCUT2D eigenvalue weighted by atomic mass is 16.2. The number of rotatable bonds is 4. The van der Waals surface area contributed by atoms with Crippen molar-refractivity contribution in [3.63, 3.8) is 0 Å². The zero-order chi connectivity index (χ0) is 16.1. The van der Waals surface area contributed by atoms with Gasteiger partial charge in [-0.15, -0.1) is 0 Å². The van der Waals surface area contributed by atoms with Gasteiger partial charge in [0.2, 0.25) is 0 Å². The summed E-state index contributed by atoms with van der Waals surface area (Å²) in [4.78, 5) is 14.5. The van der Waals surface area contributed by atoms with Gasteiger partial charge in [-0.2, -0.15) is 0 Å². The Morgan fingerprint density at radius 2 is 1.83 bits per heavy atom. The number of hydrogen-bond donors (Lipinski definition) is 2. The van der Waals surface area contributed by atoms with Crippen LogP contribution in [0.15, 0.2) is 30.3 Å². The third-order valence-electron chi connectivity index (χ3n) is 5.56. The predicted molar refractivity (Wildman–Crippen MR) is 93.3 cm³/mol. The maximum Gasteiger partial charge on any atom is 0.283 e. The standard InChI is InChI=1S/C20H30N2O/c1-16-9-8-14-22(15-16)19(17-10-4-2-5-11-17)20(23)21-18-12-6-3-7-13-18/h2,4-5,10-11,16,18-19H,3,6-9,12-15H2,1H3,(H,21,23)/p+1. The molecular formula is C20H31N2O+. The molecule has 2 aliphatic rings. The maximum absolute atomic E-state index is 13.1. The summed E-state index contributed by atoms with van der Waals surface area (Å²) in [5, 5.41) is 3.37. The summed E-state index contributed by atoms with van der Waals surface area (Å²) < 4.78 is 0. The molecule has 1 aliphatic carbocycles. The highest BCUT2D eigenvalue weighted by Crippen LogP contribution is 2.19. The largest absolute Gasteiger partial charge is 0.348 e. The van der Waals surface area contributed by atoms with E-state index in [4.69, 9.17) is 0 Å². The summed E-state index contributed by atoms with van der Waals surface area (Å²) in [6.45, 7) is 4.54. The van der Waals surface area contributed by atoms with Gasteiger partial charge in [-0.25, -0.2) is 0 Å². The van der Waals surface area contributed by atoms with Gasteiger partial charge in [-0.1, -0.05) is 56.5 Å². The summed E-state index contributed by atoms with van der Waals surface area (Å²) in [6, 6.07) is 10.7. The lowest BCUT2D eigenvalue weighted by molar-refractivity contribution is -0.930. The number of nitrogens with one attached hydrogen (secondary N) is 2. The lowest BCUT2D eigenvalue weighted by Crippen LogP contribution is -3.15. The first-order valence-electron chi connectivity index (χ1n) is 9.44. The third-order valence-corrected chi connectivity index (χ3v) is 5.56. The zero-order valence-electron chi connectivity index (χ0n) is 14.4. The van der Waals surface area contributed by atoms with E-state index in [1.165, 1.54) is 42.6 Å². The molecule has 0 spiro atoms. The number of carbonyl (C=O) groups excluding carboxylic acids is 1. The Morgan fingerprint density at radius 3 is 2.52 bits per heavy atom. The zero-order valence-corrected chi connectivity index (χ0v) is 14.4. The molecule has 0 bridgehead atoms. The Kier molecular flexibility index (Phi) is 5.71. The van der Waals surface area contributed by atoms with Crippen LogP contribution >= 0.6 is 0 Å². The van der Waals surface area contributed by atoms with Crippen LogP contribution in [-0.2, 0) is 4.79 Å². The van der Waals surface area contributed by atoms with Gasteiger partial charge in [0.25, 0.3) is 5.91 Å². The Hall–Kier alpha value is -1.35. The summed E-state index contributed by atoms with van der Waals surface area (Å²) in [7, 11) is 0. The van der Waals surface area contributed by atoms with E-state index >= 15 is 0 Å². The number of carbonyl (C=O) groups is 1. The first-order chi connectivity index (χ1) is 11.2. The SMILES string of the molecule is CC1CCC[NH+](C(C(=O)NC2CCCCC2)c2ccccc2)C1. The molecule has 1 aromatic rings. The fraction of sp³-hybridized carbons (Fsp3) is 0.650. The normalized spacial score (nSPS) is 27.3. The van der Waals surface area contributed by atoms with Gasteiger partial charge in [0, 0.05) is 17.5 Å². The van der Waals surface area contributed by atoms with Crippen LogP contribution in [0.2, 0.25) is 0 Å². The minimum atomic E-state index is -0.0409. The molecule has 0 aromatic heterocycles. The number of amides is 1. The van der Waals surface area contributed by atoms with Crippen molar-refractivity contribution in [2.75, 3.05) is 13.1 Å². The number of piperidine rings is 1. The topological polar surface area (TPSA) is 33.5 Å². The molecule has 23 heavy (non-hydrogen) atoms. The van der Waals surface area contributed by atoms with Crippen molar-refractivity contribution in [1.29, 1.82) is 0 Å². The molecule has 2 fully saturated rings. The lowest BCUT2D eigenvalue weighted by atomic mass is 9.93. The van der Waals surface area contributed by atoms with Crippen molar-refractivity contribution in [3.05, 3.63) is 35.9 Å². The molecule has 3 heteroatoms. The summed E-state index contributed by atoms with van der Waals surface area (Å²) in [5.74, 6) is 0.958. The molecule has 3 rings (SSSR count). The number of hydrogen-bond acceptors (Lipinski definition) is 1. The molecule has 2 N–H and O–H groups in total. The van der Waals surface area contributed by atoms with Gasteiger partial charge >= 0.3 is 0 Å². The van der Waals surface area contributed by atoms with Gasteiger partial charge in [0.1, 0.15) is 0 Å². The van der Waals surface area contributed by atoms with Crippen molar-refractivity contribution in [2.45, 2.75) is 64.0 Å². The van der Waals surface area contributed by atoms with Crippen LogP contribution in [0, 0.1) is 5.92 Å². The third kappa shape index (κ3) is 4.35. The molecule has 3 nitrogen and oxygen atoms in total. The van der Waals surface area contributed by atoms with E-state index in [2.05, 4.69) is 36.5 Å². The van der Waals surface area contributed by atoms with Crippen molar-refractivity contribution < 1.29 is 9.69 Å². The highest BCUT2D eigenvalue weighted by Gasteiger charge is 2.35. The van der Waals surface area contributed by atoms with Crippen molar-refractivity contribution in [1.82, 2.24) is 5.32 Å². The minimum absolute atomic E-state index is 0.0409. The molecule has 0 radical (unpaired) electrons. The molecule has 1 saturated heterocycles. The molecule has 1 aliphatic heterocycles. The monoisotopic (exact) mass is 315 g/mol. The predicted octanol–water partition coefficient (Wildman–Crippen LogP) is 2.49. The van der Waals surface area contributed by atoms with Crippen LogP contribution in [0.25, 0.3) is 0 Å². The van der Waals surface area contributed by atoms with Crippen LogP contribution in [0.4, 0.5) is 0 Å². The van der Waals surface area contributed by atoms with Gasteiger partial charge in [-0.3, -0.25) is 4.79 Å². The molecule has 1 amide bonds. The van der Waals surface area contributed by atoms with E-state index in [1.807, 2.05) is 6.07 Å². The second-order valence-electron chi connectivity index (χ2n) is 7.55. The van der Waals surface area contributed by atoms with E-state index in [1.54, 1.807) is 0 Å². The van der Waals surface area contributed by atoms with Gasteiger partial charge in [0.15, 0.2) is 6.04 Å². The van der Waals surface area contributed by atoms with E-state index in [0.29, 0.717) is 12.0 Å². The lowest BCUT2D eigenvalue weighted by Gasteiger charge is -2.35. The number of likely N-dealkylation sites (tertiary alicyclic amines) is 1. The van der Waals surface area contributed by atoms with E-state index in [9.17, 15) is 4.79 Å². The molecular weight excluding hydrogens is 284 g/mol. The summed E-state index contributed by atoms with van der Waals surface area (Å²) in [5.41, 5.74) is 1.17. The van der Waals surface area contributed by atoms with E-state index < -0.39 is 0 Å². The first-order valence-corrected chi connectivity index (χ1v) is 9.44. The average Bonchev–Trinajstić information content (AvgIpc) is 2.57. The molecule has 1 saturated carbocycles. The molecule has 3 unspecified atom stereocenters. The summed E-state index contributed by atoms with van der Waals surface area (Å²) >= 11 is 0. The Balaban J connectivity index is 1.75. The van der Waals surface area contributed by atoms with E-state index in [-0.39, 0.29) is 11.9 Å². The Bertz CT molecular complexity index is 496. The average molecular weight is 315 g/mol. The first kappa shape index (κ1) is 16.5. The van der Waals surface area contributed by atoms with Crippen LogP contribution in [0.5, 0.6) is 0 Å². The molecule has 1 heterocycles. The van der Waals surface area contributed by atoms with Gasteiger partial charge in [-0.05, 0) is 25.7 Å². The molecule has 1 aromatic carbocycles. The Morgan fingerprint density at radius 1 is 1.09 bits per heavy atom. The van der Waals surface area contributed by atoms with Gasteiger partial charge in [0.05, 0.1) is 13.1 Å². The van der Waals surface area contributed by atoms with E-state index in [0.717, 1.165) is 25.9 Å². The summed E-state index contributed by atoms with van der Waals surface area (Å²) in [6.07, 6.45) is 8.68. The number of quaternary nitrogens is 1. The fourth-order valence-electron chi connectivity index (χ4n) is 4.34. The fourth-order valence-corrected chi connectivity index (χ4v) is 4.34. The van der Waals surface area contributed by atoms with Gasteiger partial charge < -0.3 is 10.2 Å². The second-order valence-corrected chi connectivity index (χ2v) is 7.55. The molecule has 3 atom stereocenters. The second kappa shape index (κ2) is 7.96. The van der Waals surface area contributed by atoms with Crippen LogP contribution < -0.4 is 10.2 Å². The molecule has 126 valence electrons. The van der Waals surface area contributed by atoms with Crippen LogP contribution in [0.3, 0.4) is 0 Å². The Labute approximate surface area is 140 Å². The quantitative estimate of drug-likeness (QED) is 0.879. The van der Waals surface area contributed by atoms with Crippen molar-refractivity contribution in [3.8, 4) is 0 Å². The number of benzene rings is 1. The van der Waals surface area contributed by atoms with Crippen molar-refractivity contribution >= 4 is 5.91 Å². The van der Waals surface area contributed by atoms with Crippen LogP contribution in [0.1, 0.15) is 63.5 Å². The highest BCUT2D eigenvalue weighted by molar-refractivity contribution is 5.82. The minimum Gasteiger partial charge on any atom is -0.348 e. The maximum atomic E-state index is 13.1. The van der Waals surface area contributed by atoms with Crippen molar-refractivity contribution in [2.24, 2.45) is 5.92 Å².